The van der Waals surface area contributed by atoms with Crippen molar-refractivity contribution in [3.63, 3.8) is 0 Å². The van der Waals surface area contributed by atoms with E-state index in [1.807, 2.05) is 0 Å². The molecule has 0 saturated heterocycles. The third-order valence-corrected chi connectivity index (χ3v) is 2.49. The minimum atomic E-state index is -1.35. The van der Waals surface area contributed by atoms with E-state index in [1.165, 1.54) is 6.92 Å². The van der Waals surface area contributed by atoms with Gasteiger partial charge in [0.25, 0.3) is 0 Å². The van der Waals surface area contributed by atoms with E-state index < -0.39 is 35.8 Å². The molecule has 0 radical (unpaired) electrons. The van der Waals surface area contributed by atoms with Crippen LogP contribution in [0.3, 0.4) is 0 Å². The Kier molecular flexibility index (Phi) is 8.16. The van der Waals surface area contributed by atoms with Gasteiger partial charge in [-0.05, 0) is 13.0 Å². The van der Waals surface area contributed by atoms with E-state index in [0.717, 1.165) is 6.08 Å². The van der Waals surface area contributed by atoms with Crippen molar-refractivity contribution in [2.24, 2.45) is 5.73 Å². The maximum absolute atomic E-state index is 11.7. The Morgan fingerprint density at radius 1 is 1.23 bits per heavy atom. The molecule has 0 fully saturated rings. The topological polar surface area (TPSA) is 151 Å². The van der Waals surface area contributed by atoms with E-state index in [0.29, 0.717) is 0 Å². The molecule has 0 heterocycles. The molecule has 0 aliphatic heterocycles. The van der Waals surface area contributed by atoms with Crippen molar-refractivity contribution in [3.05, 3.63) is 24.8 Å². The van der Waals surface area contributed by atoms with Gasteiger partial charge in [0.2, 0.25) is 17.7 Å². The molecule has 0 aromatic carbocycles. The molecule has 2 atom stereocenters. The Balaban J connectivity index is 4.48. The van der Waals surface area contributed by atoms with Crippen LogP contribution in [0.5, 0.6) is 0 Å². The van der Waals surface area contributed by atoms with E-state index in [-0.39, 0.29) is 18.7 Å². The summed E-state index contributed by atoms with van der Waals surface area (Å²) < 4.78 is 0. The van der Waals surface area contributed by atoms with Crippen LogP contribution in [0.2, 0.25) is 0 Å². The van der Waals surface area contributed by atoms with Gasteiger partial charge in [0.15, 0.2) is 0 Å². The summed E-state index contributed by atoms with van der Waals surface area (Å²) in [6, 6.07) is -2.49. The number of amides is 3. The maximum Gasteiger partial charge on any atom is 0.328 e. The summed E-state index contributed by atoms with van der Waals surface area (Å²) in [5, 5.41) is 15.8. The van der Waals surface area contributed by atoms with Crippen molar-refractivity contribution in [2.75, 3.05) is 13.1 Å². The van der Waals surface area contributed by atoms with E-state index in [2.05, 4.69) is 29.1 Å². The first-order chi connectivity index (χ1) is 10.2. The van der Waals surface area contributed by atoms with Crippen molar-refractivity contribution in [1.82, 2.24) is 16.0 Å². The van der Waals surface area contributed by atoms with Crippen LogP contribution >= 0.6 is 0 Å². The van der Waals surface area contributed by atoms with Crippen molar-refractivity contribution < 1.29 is 24.3 Å². The third-order valence-electron chi connectivity index (χ3n) is 2.49. The van der Waals surface area contributed by atoms with Gasteiger partial charge >= 0.3 is 5.97 Å². The van der Waals surface area contributed by atoms with Gasteiger partial charge in [0.1, 0.15) is 12.1 Å². The summed E-state index contributed by atoms with van der Waals surface area (Å²) in [5.41, 5.74) is 5.73. The number of nitrogens with one attached hydrogen (secondary N) is 3. The molecule has 9 heteroatoms. The van der Waals surface area contributed by atoms with E-state index in [9.17, 15) is 19.2 Å². The zero-order valence-electron chi connectivity index (χ0n) is 12.2. The van der Waals surface area contributed by atoms with Crippen LogP contribution in [0.1, 0.15) is 6.92 Å². The van der Waals surface area contributed by atoms with Gasteiger partial charge in [-0.2, -0.15) is 0 Å². The van der Waals surface area contributed by atoms with E-state index >= 15 is 0 Å². The Hall–Kier alpha value is -2.68. The second kappa shape index (κ2) is 9.29. The SMILES string of the molecule is C=CC(=O)NC[C@H](N)C(=O)N[C@@H](CNC(=O)C(=C)C)C(=O)O. The summed E-state index contributed by atoms with van der Waals surface area (Å²) in [7, 11) is 0. The molecular formula is C13H20N4O5. The monoisotopic (exact) mass is 312 g/mol. The molecule has 122 valence electrons. The molecule has 9 nitrogen and oxygen atoms in total. The van der Waals surface area contributed by atoms with Crippen molar-refractivity contribution in [2.45, 2.75) is 19.0 Å². The second-order valence-corrected chi connectivity index (χ2v) is 4.45. The number of carbonyl (C=O) groups is 4. The van der Waals surface area contributed by atoms with Gasteiger partial charge in [-0.1, -0.05) is 13.2 Å². The molecule has 0 aromatic heterocycles. The maximum atomic E-state index is 11.7. The summed E-state index contributed by atoms with van der Waals surface area (Å²) in [6.07, 6.45) is 1.01. The Labute approximate surface area is 127 Å². The van der Waals surface area contributed by atoms with Gasteiger partial charge < -0.3 is 26.8 Å². The molecule has 0 rings (SSSR count). The Morgan fingerprint density at radius 2 is 1.82 bits per heavy atom. The van der Waals surface area contributed by atoms with Crippen molar-refractivity contribution in [3.8, 4) is 0 Å². The molecule has 0 unspecified atom stereocenters. The summed E-state index contributed by atoms with van der Waals surface area (Å²) in [6.45, 7) is 7.59. The molecule has 0 aliphatic carbocycles. The molecule has 3 amide bonds. The standard InChI is InChI=1S/C13H20N4O5/c1-4-10(18)15-5-8(14)12(20)17-9(13(21)22)6-16-11(19)7(2)3/h4,8-9H,1-2,5-6,14H2,3H3,(H,15,18)(H,16,19)(H,17,20)(H,21,22)/t8-,9-/m0/s1. The van der Waals surface area contributed by atoms with Crippen LogP contribution in [0.25, 0.3) is 0 Å². The second-order valence-electron chi connectivity index (χ2n) is 4.45. The average Bonchev–Trinajstić information content (AvgIpc) is 2.47. The number of aliphatic carboxylic acids is 1. The minimum absolute atomic E-state index is 0.179. The van der Waals surface area contributed by atoms with E-state index in [1.54, 1.807) is 0 Å². The fourth-order valence-electron chi connectivity index (χ4n) is 1.20. The first-order valence-electron chi connectivity index (χ1n) is 6.31. The number of hydrogen-bond donors (Lipinski definition) is 5. The molecule has 6 N–H and O–H groups in total. The lowest BCUT2D eigenvalue weighted by Gasteiger charge is -2.18. The zero-order valence-corrected chi connectivity index (χ0v) is 12.2. The number of carboxylic acids is 1. The molecule has 0 aliphatic rings. The van der Waals surface area contributed by atoms with Crippen LogP contribution in [-0.4, -0.2) is 54.0 Å². The smallest absolute Gasteiger partial charge is 0.328 e. The quantitative estimate of drug-likeness (QED) is 0.307. The number of rotatable bonds is 9. The summed E-state index contributed by atoms with van der Waals surface area (Å²) >= 11 is 0. The number of carboxylic acid groups (broad SMARTS) is 1. The fourth-order valence-corrected chi connectivity index (χ4v) is 1.20. The molecule has 0 spiro atoms. The number of carbonyl (C=O) groups excluding carboxylic acids is 3. The summed E-state index contributed by atoms with van der Waals surface area (Å²) in [4.78, 5) is 45.0. The predicted molar refractivity (Wildman–Crippen MR) is 78.6 cm³/mol. The lowest BCUT2D eigenvalue weighted by Crippen LogP contribution is -2.55. The van der Waals surface area contributed by atoms with Crippen LogP contribution < -0.4 is 21.7 Å². The highest BCUT2D eigenvalue weighted by molar-refractivity contribution is 5.93. The normalized spacial score (nSPS) is 12.5. The van der Waals surface area contributed by atoms with Crippen LogP contribution in [-0.2, 0) is 19.2 Å². The van der Waals surface area contributed by atoms with Crippen molar-refractivity contribution >= 4 is 23.7 Å². The lowest BCUT2D eigenvalue weighted by molar-refractivity contribution is -0.142. The fraction of sp³-hybridized carbons (Fsp3) is 0.385. The van der Waals surface area contributed by atoms with Crippen LogP contribution in [0, 0.1) is 0 Å². The highest BCUT2D eigenvalue weighted by atomic mass is 16.4. The van der Waals surface area contributed by atoms with E-state index in [4.69, 9.17) is 10.8 Å². The van der Waals surface area contributed by atoms with Gasteiger partial charge in [0.05, 0.1) is 0 Å². The predicted octanol–water partition coefficient (Wildman–Crippen LogP) is -2.12. The molecule has 22 heavy (non-hydrogen) atoms. The number of nitrogens with two attached hydrogens (primary N) is 1. The van der Waals surface area contributed by atoms with Crippen LogP contribution in [0.15, 0.2) is 24.8 Å². The molecule has 0 bridgehead atoms. The Bertz CT molecular complexity index is 489. The lowest BCUT2D eigenvalue weighted by atomic mass is 10.2. The molecule has 0 saturated carbocycles. The van der Waals surface area contributed by atoms with Crippen LogP contribution in [0.4, 0.5) is 0 Å². The zero-order chi connectivity index (χ0) is 17.3. The first kappa shape index (κ1) is 19.3. The average molecular weight is 312 g/mol. The van der Waals surface area contributed by atoms with Gasteiger partial charge in [-0.25, -0.2) is 4.79 Å². The number of hydrogen-bond acceptors (Lipinski definition) is 5. The van der Waals surface area contributed by atoms with Gasteiger partial charge in [0, 0.05) is 18.7 Å². The largest absolute Gasteiger partial charge is 0.480 e. The first-order valence-corrected chi connectivity index (χ1v) is 6.31. The minimum Gasteiger partial charge on any atom is -0.480 e. The van der Waals surface area contributed by atoms with Gasteiger partial charge in [-0.3, -0.25) is 14.4 Å². The third kappa shape index (κ3) is 7.20. The van der Waals surface area contributed by atoms with Crippen molar-refractivity contribution in [1.29, 1.82) is 0 Å². The summed E-state index contributed by atoms with van der Waals surface area (Å²) in [5.74, 6) is -3.14. The molecule has 0 aromatic rings. The highest BCUT2D eigenvalue weighted by Crippen LogP contribution is 1.90. The molecular weight excluding hydrogens is 292 g/mol. The highest BCUT2D eigenvalue weighted by Gasteiger charge is 2.24. The van der Waals surface area contributed by atoms with Gasteiger partial charge in [-0.15, -0.1) is 0 Å². The Morgan fingerprint density at radius 3 is 2.27 bits per heavy atom.